The first-order valence-electron chi connectivity index (χ1n) is 7.53. The topological polar surface area (TPSA) is 57.6 Å². The lowest BCUT2D eigenvalue weighted by molar-refractivity contribution is -0.146. The molecule has 2 fully saturated rings. The van der Waals surface area contributed by atoms with Crippen LogP contribution in [0.5, 0.6) is 0 Å². The first-order chi connectivity index (χ1) is 8.96. The van der Waals surface area contributed by atoms with Crippen molar-refractivity contribution in [2.45, 2.75) is 70.8 Å². The van der Waals surface area contributed by atoms with Gasteiger partial charge in [-0.3, -0.25) is 14.5 Å². The van der Waals surface area contributed by atoms with E-state index in [1.165, 1.54) is 4.90 Å². The summed E-state index contributed by atoms with van der Waals surface area (Å²) in [6, 6.07) is 0. The molecule has 1 saturated carbocycles. The van der Waals surface area contributed by atoms with Gasteiger partial charge in [0.15, 0.2) is 0 Å². The van der Waals surface area contributed by atoms with E-state index in [4.69, 9.17) is 0 Å². The molecule has 0 atom stereocenters. The summed E-state index contributed by atoms with van der Waals surface area (Å²) in [5, 5.41) is 10.5. The van der Waals surface area contributed by atoms with Crippen LogP contribution in [-0.2, 0) is 9.59 Å². The number of hydrogen-bond donors (Lipinski definition) is 1. The maximum atomic E-state index is 12.5. The lowest BCUT2D eigenvalue weighted by Crippen LogP contribution is -2.47. The number of aliphatic hydroxyl groups is 1. The summed E-state index contributed by atoms with van der Waals surface area (Å²) in [4.78, 5) is 26.0. The van der Waals surface area contributed by atoms with Gasteiger partial charge in [0.1, 0.15) is 0 Å². The molecular formula is C15H25NO3. The van der Waals surface area contributed by atoms with Crippen molar-refractivity contribution in [2.24, 2.45) is 5.41 Å². The van der Waals surface area contributed by atoms with Gasteiger partial charge in [-0.15, -0.1) is 0 Å². The van der Waals surface area contributed by atoms with Crippen molar-refractivity contribution in [2.75, 3.05) is 6.54 Å². The molecule has 2 rings (SSSR count). The zero-order valence-electron chi connectivity index (χ0n) is 12.1. The van der Waals surface area contributed by atoms with E-state index in [2.05, 4.69) is 0 Å². The minimum Gasteiger partial charge on any atom is -0.388 e. The van der Waals surface area contributed by atoms with Crippen LogP contribution in [0.3, 0.4) is 0 Å². The van der Waals surface area contributed by atoms with E-state index in [0.29, 0.717) is 32.1 Å². The largest absolute Gasteiger partial charge is 0.388 e. The fraction of sp³-hybridized carbons (Fsp3) is 0.867. The van der Waals surface area contributed by atoms with Crippen molar-refractivity contribution in [3.05, 3.63) is 0 Å². The summed E-state index contributed by atoms with van der Waals surface area (Å²) in [7, 11) is 0. The quantitative estimate of drug-likeness (QED) is 0.795. The molecule has 0 radical (unpaired) electrons. The van der Waals surface area contributed by atoms with Gasteiger partial charge in [0.05, 0.1) is 17.6 Å². The van der Waals surface area contributed by atoms with E-state index < -0.39 is 11.0 Å². The molecule has 0 aromatic carbocycles. The zero-order valence-corrected chi connectivity index (χ0v) is 12.1. The number of rotatable bonds is 4. The van der Waals surface area contributed by atoms with E-state index in [1.54, 1.807) is 0 Å². The molecular weight excluding hydrogens is 242 g/mol. The third-order valence-corrected chi connectivity index (χ3v) is 5.08. The number of imide groups is 1. The third kappa shape index (κ3) is 2.55. The van der Waals surface area contributed by atoms with Gasteiger partial charge in [-0.2, -0.15) is 0 Å². The SMILES string of the molecule is CCC1(CC)CC(=O)N(CC2(O)CCCCC2)C1=O. The number of likely N-dealkylation sites (tertiary alicyclic amines) is 1. The van der Waals surface area contributed by atoms with E-state index in [9.17, 15) is 14.7 Å². The maximum Gasteiger partial charge on any atom is 0.235 e. The summed E-state index contributed by atoms with van der Waals surface area (Å²) < 4.78 is 0. The summed E-state index contributed by atoms with van der Waals surface area (Å²) in [5.41, 5.74) is -1.36. The van der Waals surface area contributed by atoms with E-state index in [-0.39, 0.29) is 18.4 Å². The highest BCUT2D eigenvalue weighted by Gasteiger charge is 2.50. The van der Waals surface area contributed by atoms with E-state index >= 15 is 0 Å². The Kier molecular flexibility index (Phi) is 4.00. The van der Waals surface area contributed by atoms with Crippen LogP contribution in [0.25, 0.3) is 0 Å². The number of carbonyl (C=O) groups excluding carboxylic acids is 2. The average Bonchev–Trinajstić information content (AvgIpc) is 2.64. The van der Waals surface area contributed by atoms with Crippen LogP contribution in [-0.4, -0.2) is 34.0 Å². The second-order valence-electron chi connectivity index (χ2n) is 6.23. The predicted molar refractivity (Wildman–Crippen MR) is 72.4 cm³/mol. The summed E-state index contributed by atoms with van der Waals surface area (Å²) in [5.74, 6) is -0.172. The number of carbonyl (C=O) groups is 2. The van der Waals surface area contributed by atoms with Crippen LogP contribution in [0.2, 0.25) is 0 Å². The molecule has 1 heterocycles. The van der Waals surface area contributed by atoms with Crippen LogP contribution in [0.1, 0.15) is 65.2 Å². The highest BCUT2D eigenvalue weighted by atomic mass is 16.3. The van der Waals surface area contributed by atoms with Gasteiger partial charge in [-0.05, 0) is 25.7 Å². The number of amides is 2. The standard InChI is InChI=1S/C15H25NO3/c1-3-14(4-2)10-12(17)16(13(14)18)11-15(19)8-6-5-7-9-15/h19H,3-11H2,1-2H3. The molecule has 1 aliphatic heterocycles. The molecule has 0 aromatic rings. The number of β-amino-alcohol motifs (C(OH)–C–C–N with tert-alkyl or cyclic N) is 1. The Morgan fingerprint density at radius 1 is 1.11 bits per heavy atom. The molecule has 2 aliphatic rings. The summed E-state index contributed by atoms with van der Waals surface area (Å²) >= 11 is 0. The summed E-state index contributed by atoms with van der Waals surface area (Å²) in [6.07, 6.45) is 6.22. The lowest BCUT2D eigenvalue weighted by atomic mass is 9.80. The smallest absolute Gasteiger partial charge is 0.235 e. The van der Waals surface area contributed by atoms with E-state index in [0.717, 1.165) is 19.3 Å². The Labute approximate surface area is 115 Å². The Morgan fingerprint density at radius 2 is 1.68 bits per heavy atom. The Hall–Kier alpha value is -0.900. The molecule has 2 amide bonds. The van der Waals surface area contributed by atoms with Crippen molar-refractivity contribution in [3.8, 4) is 0 Å². The third-order valence-electron chi connectivity index (χ3n) is 5.08. The van der Waals surface area contributed by atoms with Crippen molar-refractivity contribution in [1.29, 1.82) is 0 Å². The van der Waals surface area contributed by atoms with Gasteiger partial charge < -0.3 is 5.11 Å². The molecule has 108 valence electrons. The molecule has 0 spiro atoms. The predicted octanol–water partition coefficient (Wildman–Crippen LogP) is 2.25. The van der Waals surface area contributed by atoms with Gasteiger partial charge in [0.25, 0.3) is 0 Å². The zero-order chi connectivity index (χ0) is 14.1. The molecule has 1 aliphatic carbocycles. The van der Waals surface area contributed by atoms with Gasteiger partial charge >= 0.3 is 0 Å². The highest BCUT2D eigenvalue weighted by molar-refractivity contribution is 6.05. The van der Waals surface area contributed by atoms with Gasteiger partial charge in [0.2, 0.25) is 11.8 Å². The Balaban J connectivity index is 2.12. The molecule has 0 aromatic heterocycles. The van der Waals surface area contributed by atoms with Crippen LogP contribution in [0.15, 0.2) is 0 Å². The van der Waals surface area contributed by atoms with Crippen molar-refractivity contribution in [1.82, 2.24) is 4.90 Å². The van der Waals surface area contributed by atoms with Gasteiger partial charge in [-0.25, -0.2) is 0 Å². The maximum absolute atomic E-state index is 12.5. The second kappa shape index (κ2) is 5.23. The molecule has 4 heteroatoms. The monoisotopic (exact) mass is 267 g/mol. The Morgan fingerprint density at radius 3 is 2.16 bits per heavy atom. The van der Waals surface area contributed by atoms with Crippen LogP contribution in [0.4, 0.5) is 0 Å². The first-order valence-corrected chi connectivity index (χ1v) is 7.53. The fourth-order valence-electron chi connectivity index (χ4n) is 3.48. The van der Waals surface area contributed by atoms with Gasteiger partial charge in [0, 0.05) is 6.42 Å². The molecule has 0 unspecified atom stereocenters. The molecule has 19 heavy (non-hydrogen) atoms. The Bertz CT molecular complexity index is 368. The van der Waals surface area contributed by atoms with Crippen molar-refractivity contribution >= 4 is 11.8 Å². The van der Waals surface area contributed by atoms with Gasteiger partial charge in [-0.1, -0.05) is 33.1 Å². The average molecular weight is 267 g/mol. The molecule has 1 saturated heterocycles. The minimum absolute atomic E-state index is 0.0681. The second-order valence-corrected chi connectivity index (χ2v) is 6.23. The molecule has 4 nitrogen and oxygen atoms in total. The minimum atomic E-state index is -0.846. The number of nitrogens with zero attached hydrogens (tertiary/aromatic N) is 1. The number of hydrogen-bond acceptors (Lipinski definition) is 3. The molecule has 1 N–H and O–H groups in total. The van der Waals surface area contributed by atoms with Crippen molar-refractivity contribution in [3.63, 3.8) is 0 Å². The van der Waals surface area contributed by atoms with Crippen LogP contribution >= 0.6 is 0 Å². The van der Waals surface area contributed by atoms with Crippen LogP contribution in [0, 0.1) is 5.41 Å². The van der Waals surface area contributed by atoms with Crippen LogP contribution < -0.4 is 0 Å². The normalized spacial score (nSPS) is 25.9. The van der Waals surface area contributed by atoms with E-state index in [1.807, 2.05) is 13.8 Å². The molecule has 0 bridgehead atoms. The first kappa shape index (κ1) is 14.5. The highest BCUT2D eigenvalue weighted by Crippen LogP contribution is 2.40. The lowest BCUT2D eigenvalue weighted by Gasteiger charge is -2.35. The fourth-order valence-corrected chi connectivity index (χ4v) is 3.48. The van der Waals surface area contributed by atoms with Crippen molar-refractivity contribution < 1.29 is 14.7 Å². The summed E-state index contributed by atoms with van der Waals surface area (Å²) in [6.45, 7) is 4.13.